The highest BCUT2D eigenvalue weighted by Gasteiger charge is 2.28. The van der Waals surface area contributed by atoms with Crippen LogP contribution in [0.25, 0.3) is 0 Å². The molecule has 0 saturated heterocycles. The number of aliphatic hydroxyl groups excluding tert-OH is 1. The van der Waals surface area contributed by atoms with Crippen LogP contribution in [0.3, 0.4) is 0 Å². The van der Waals surface area contributed by atoms with Gasteiger partial charge in [0.2, 0.25) is 0 Å². The highest BCUT2D eigenvalue weighted by atomic mass is 35.5. The number of aliphatic hydroxyl groups is 1. The number of hydrogen-bond acceptors (Lipinski definition) is 3. The number of benzene rings is 2. The van der Waals surface area contributed by atoms with Gasteiger partial charge in [0.15, 0.2) is 5.75 Å². The van der Waals surface area contributed by atoms with Crippen LogP contribution in [0, 0.1) is 0 Å². The summed E-state index contributed by atoms with van der Waals surface area (Å²) in [6, 6.07) is 10.4. The molecule has 1 aliphatic heterocycles. The maximum Gasteiger partial charge on any atom is 0.253 e. The van der Waals surface area contributed by atoms with Crippen molar-refractivity contribution in [1.82, 2.24) is 4.90 Å². The molecule has 2 aromatic carbocycles. The van der Waals surface area contributed by atoms with Crippen molar-refractivity contribution in [2.24, 2.45) is 0 Å². The van der Waals surface area contributed by atoms with Gasteiger partial charge in [-0.05, 0) is 32.0 Å². The van der Waals surface area contributed by atoms with E-state index in [0.717, 1.165) is 0 Å². The smallest absolute Gasteiger partial charge is 0.253 e. The van der Waals surface area contributed by atoms with Crippen LogP contribution in [0.4, 0.5) is 0 Å². The van der Waals surface area contributed by atoms with E-state index >= 15 is 0 Å². The van der Waals surface area contributed by atoms with Gasteiger partial charge in [-0.3, -0.25) is 4.79 Å². The number of para-hydroxylation sites is 1. The third-order valence-corrected chi connectivity index (χ3v) is 4.41. The molecule has 0 fully saturated rings. The minimum absolute atomic E-state index is 0.0548. The Kier molecular flexibility index (Phi) is 4.28. The Bertz CT molecular complexity index is 756. The monoisotopic (exact) mass is 331 g/mol. The molecule has 0 aromatic heterocycles. The van der Waals surface area contributed by atoms with Gasteiger partial charge < -0.3 is 14.7 Å². The predicted octanol–water partition coefficient (Wildman–Crippen LogP) is 4.01. The molecule has 120 valence electrons. The standard InChI is InChI=1S/C18H18ClNO3/c1-3-20(4-2)18(22)11-8-9-12-15(10-11)23-17-13(16(12)21)6-5-7-14(17)19/h5-10,16,21H,3-4H2,1-2H3. The predicted molar refractivity (Wildman–Crippen MR) is 89.3 cm³/mol. The molecule has 23 heavy (non-hydrogen) atoms. The van der Waals surface area contributed by atoms with Gasteiger partial charge in [-0.2, -0.15) is 0 Å². The van der Waals surface area contributed by atoms with Crippen molar-refractivity contribution in [3.05, 3.63) is 58.1 Å². The van der Waals surface area contributed by atoms with E-state index in [-0.39, 0.29) is 5.91 Å². The van der Waals surface area contributed by atoms with Gasteiger partial charge in [-0.15, -0.1) is 0 Å². The Balaban J connectivity index is 2.01. The van der Waals surface area contributed by atoms with E-state index in [4.69, 9.17) is 16.3 Å². The van der Waals surface area contributed by atoms with Gasteiger partial charge in [0, 0.05) is 29.8 Å². The molecule has 4 nitrogen and oxygen atoms in total. The second-order valence-corrected chi connectivity index (χ2v) is 5.80. The van der Waals surface area contributed by atoms with Gasteiger partial charge in [-0.25, -0.2) is 0 Å². The lowest BCUT2D eigenvalue weighted by Crippen LogP contribution is -2.30. The van der Waals surface area contributed by atoms with Crippen LogP contribution in [0.2, 0.25) is 5.02 Å². The van der Waals surface area contributed by atoms with Crippen LogP contribution < -0.4 is 4.74 Å². The van der Waals surface area contributed by atoms with Gasteiger partial charge in [0.05, 0.1) is 5.02 Å². The quantitative estimate of drug-likeness (QED) is 0.924. The summed E-state index contributed by atoms with van der Waals surface area (Å²) < 4.78 is 5.85. The second-order valence-electron chi connectivity index (χ2n) is 5.39. The van der Waals surface area contributed by atoms with E-state index in [0.29, 0.717) is 46.3 Å². The molecule has 0 aliphatic carbocycles. The third-order valence-electron chi connectivity index (χ3n) is 4.11. The molecular weight excluding hydrogens is 314 g/mol. The molecule has 1 unspecified atom stereocenters. The van der Waals surface area contributed by atoms with Crippen LogP contribution in [0.5, 0.6) is 11.5 Å². The second kappa shape index (κ2) is 6.22. The molecule has 1 atom stereocenters. The molecule has 1 aliphatic rings. The number of halogens is 1. The zero-order chi connectivity index (χ0) is 16.6. The van der Waals surface area contributed by atoms with Gasteiger partial charge >= 0.3 is 0 Å². The number of amides is 1. The molecule has 0 spiro atoms. The van der Waals surface area contributed by atoms with Crippen LogP contribution in [0.15, 0.2) is 36.4 Å². The summed E-state index contributed by atoms with van der Waals surface area (Å²) in [5, 5.41) is 11.0. The number of carbonyl (C=O) groups is 1. The Morgan fingerprint density at radius 2 is 1.96 bits per heavy atom. The first-order valence-corrected chi connectivity index (χ1v) is 8.02. The molecule has 1 amide bonds. The van der Waals surface area contributed by atoms with Crippen molar-refractivity contribution in [2.75, 3.05) is 13.1 Å². The fraction of sp³-hybridized carbons (Fsp3) is 0.278. The summed E-state index contributed by atoms with van der Waals surface area (Å²) in [7, 11) is 0. The summed E-state index contributed by atoms with van der Waals surface area (Å²) in [4.78, 5) is 14.2. The zero-order valence-corrected chi connectivity index (χ0v) is 13.8. The highest BCUT2D eigenvalue weighted by Crippen LogP contribution is 2.46. The summed E-state index contributed by atoms with van der Waals surface area (Å²) in [6.07, 6.45) is -0.815. The van der Waals surface area contributed by atoms with E-state index in [9.17, 15) is 9.90 Å². The largest absolute Gasteiger partial charge is 0.455 e. The topological polar surface area (TPSA) is 49.8 Å². The fourth-order valence-corrected chi connectivity index (χ4v) is 3.02. The van der Waals surface area contributed by atoms with Gasteiger partial charge in [-0.1, -0.05) is 29.8 Å². The van der Waals surface area contributed by atoms with E-state index < -0.39 is 6.10 Å². The van der Waals surface area contributed by atoms with Crippen molar-refractivity contribution in [2.45, 2.75) is 20.0 Å². The normalized spacial score (nSPS) is 15.4. The third kappa shape index (κ3) is 2.69. The molecular formula is C18H18ClNO3. The lowest BCUT2D eigenvalue weighted by Gasteiger charge is -2.26. The Labute approximate surface area is 140 Å². The lowest BCUT2D eigenvalue weighted by molar-refractivity contribution is 0.0772. The minimum atomic E-state index is -0.815. The summed E-state index contributed by atoms with van der Waals surface area (Å²) in [5.74, 6) is 0.860. The van der Waals surface area contributed by atoms with Crippen molar-refractivity contribution >= 4 is 17.5 Å². The van der Waals surface area contributed by atoms with Crippen LogP contribution in [-0.4, -0.2) is 29.0 Å². The highest BCUT2D eigenvalue weighted by molar-refractivity contribution is 6.32. The van der Waals surface area contributed by atoms with Crippen LogP contribution in [0.1, 0.15) is 41.4 Å². The van der Waals surface area contributed by atoms with Crippen molar-refractivity contribution in [3.63, 3.8) is 0 Å². The Morgan fingerprint density at radius 3 is 2.65 bits per heavy atom. The van der Waals surface area contributed by atoms with E-state index in [1.807, 2.05) is 13.8 Å². The van der Waals surface area contributed by atoms with Crippen molar-refractivity contribution in [1.29, 1.82) is 0 Å². The minimum Gasteiger partial charge on any atom is -0.455 e. The molecule has 1 heterocycles. The number of rotatable bonds is 3. The van der Waals surface area contributed by atoms with Crippen LogP contribution >= 0.6 is 11.6 Å². The number of ether oxygens (including phenoxy) is 1. The molecule has 3 rings (SSSR count). The maximum atomic E-state index is 12.5. The molecule has 5 heteroatoms. The number of hydrogen-bond donors (Lipinski definition) is 1. The van der Waals surface area contributed by atoms with Crippen LogP contribution in [-0.2, 0) is 0 Å². The first-order chi connectivity index (χ1) is 11.1. The lowest BCUT2D eigenvalue weighted by atomic mass is 9.96. The summed E-state index contributed by atoms with van der Waals surface area (Å²) >= 11 is 6.16. The zero-order valence-electron chi connectivity index (χ0n) is 13.0. The van der Waals surface area contributed by atoms with E-state index in [2.05, 4.69) is 0 Å². The summed E-state index contributed by atoms with van der Waals surface area (Å²) in [6.45, 7) is 5.17. The average Bonchev–Trinajstić information content (AvgIpc) is 2.56. The first-order valence-electron chi connectivity index (χ1n) is 7.64. The van der Waals surface area contributed by atoms with Gasteiger partial charge in [0.25, 0.3) is 5.91 Å². The van der Waals surface area contributed by atoms with E-state index in [1.54, 1.807) is 41.3 Å². The molecule has 0 saturated carbocycles. The van der Waals surface area contributed by atoms with Crippen molar-refractivity contribution < 1.29 is 14.6 Å². The maximum absolute atomic E-state index is 12.5. The Morgan fingerprint density at radius 1 is 1.22 bits per heavy atom. The molecule has 2 aromatic rings. The number of fused-ring (bicyclic) bond motifs is 2. The SMILES string of the molecule is CCN(CC)C(=O)c1ccc2c(c1)Oc1c(Cl)cccc1C2O. The fourth-order valence-electron chi connectivity index (χ4n) is 2.80. The number of carbonyl (C=O) groups excluding carboxylic acids is 1. The van der Waals surface area contributed by atoms with Crippen molar-refractivity contribution in [3.8, 4) is 11.5 Å². The first kappa shape index (κ1) is 15.8. The summed E-state index contributed by atoms with van der Waals surface area (Å²) in [5.41, 5.74) is 1.80. The Hall–Kier alpha value is -2.04. The molecule has 0 radical (unpaired) electrons. The molecule has 0 bridgehead atoms. The number of nitrogens with zero attached hydrogens (tertiary/aromatic N) is 1. The van der Waals surface area contributed by atoms with E-state index in [1.165, 1.54) is 0 Å². The van der Waals surface area contributed by atoms with Gasteiger partial charge in [0.1, 0.15) is 11.9 Å². The average molecular weight is 332 g/mol. The molecule has 1 N–H and O–H groups in total.